The smallest absolute Gasteiger partial charge is 0.319 e. The van der Waals surface area contributed by atoms with Crippen molar-refractivity contribution in [2.45, 2.75) is 54.9 Å². The van der Waals surface area contributed by atoms with Gasteiger partial charge in [-0.15, -0.1) is 0 Å². The highest BCUT2D eigenvalue weighted by molar-refractivity contribution is 7.92. The number of aromatic hydroxyl groups is 1. The topological polar surface area (TPSA) is 105 Å². The van der Waals surface area contributed by atoms with Crippen LogP contribution in [-0.2, 0) is 14.6 Å². The zero-order valence-corrected chi connectivity index (χ0v) is 17.6. The lowest BCUT2D eigenvalue weighted by molar-refractivity contribution is 0.0122. The molecule has 28 heavy (non-hydrogen) atoms. The molecular formula is C18H22Cl2N2O5S. The van der Waals surface area contributed by atoms with Crippen LogP contribution in [0.25, 0.3) is 0 Å². The van der Waals surface area contributed by atoms with Crippen LogP contribution in [0.15, 0.2) is 28.1 Å². The molecule has 2 aliphatic rings. The van der Waals surface area contributed by atoms with E-state index in [1.54, 1.807) is 0 Å². The first-order valence-electron chi connectivity index (χ1n) is 9.04. The molecule has 0 spiro atoms. The zero-order chi connectivity index (χ0) is 20.5. The minimum Gasteiger partial charge on any atom is -0.504 e. The fourth-order valence-corrected chi connectivity index (χ4v) is 6.09. The van der Waals surface area contributed by atoms with Crippen molar-refractivity contribution in [2.75, 3.05) is 11.9 Å². The maximum atomic E-state index is 12.9. The van der Waals surface area contributed by atoms with E-state index in [4.69, 9.17) is 27.9 Å². The number of amides is 2. The number of sulfone groups is 1. The van der Waals surface area contributed by atoms with E-state index < -0.39 is 26.9 Å². The molecule has 1 saturated carbocycles. The molecule has 0 aromatic heterocycles. The summed E-state index contributed by atoms with van der Waals surface area (Å²) in [6, 6.07) is 1.79. The predicted molar refractivity (Wildman–Crippen MR) is 108 cm³/mol. The van der Waals surface area contributed by atoms with Crippen LogP contribution in [0.4, 0.5) is 10.5 Å². The van der Waals surface area contributed by atoms with Gasteiger partial charge in [-0.2, -0.15) is 0 Å². The number of allylic oxidation sites excluding steroid dienone is 1. The summed E-state index contributed by atoms with van der Waals surface area (Å²) in [5.74, 6) is -0.574. The summed E-state index contributed by atoms with van der Waals surface area (Å²) in [6.07, 6.45) is 3.85. The molecule has 10 heteroatoms. The Morgan fingerprint density at radius 3 is 2.64 bits per heavy atom. The Balaban J connectivity index is 1.76. The van der Waals surface area contributed by atoms with Crippen LogP contribution in [0.1, 0.15) is 32.6 Å². The van der Waals surface area contributed by atoms with Gasteiger partial charge in [-0.05, 0) is 44.7 Å². The third-order valence-corrected chi connectivity index (χ3v) is 8.03. The second-order valence-corrected chi connectivity index (χ2v) is 9.81. The van der Waals surface area contributed by atoms with E-state index in [2.05, 4.69) is 10.6 Å². The Morgan fingerprint density at radius 1 is 1.32 bits per heavy atom. The Bertz CT molecular complexity index is 897. The minimum absolute atomic E-state index is 0.0424. The van der Waals surface area contributed by atoms with Gasteiger partial charge in [-0.3, -0.25) is 0 Å². The molecule has 2 amide bonds. The van der Waals surface area contributed by atoms with E-state index in [0.29, 0.717) is 30.9 Å². The van der Waals surface area contributed by atoms with Crippen molar-refractivity contribution >= 4 is 44.8 Å². The molecule has 0 heterocycles. The number of hydrogen-bond donors (Lipinski definition) is 3. The third kappa shape index (κ3) is 4.25. The molecule has 1 atom stereocenters. The molecule has 1 aromatic rings. The molecule has 0 saturated heterocycles. The number of carbonyl (C=O) groups excluding carboxylic acids is 1. The van der Waals surface area contributed by atoms with Crippen LogP contribution in [0.2, 0.25) is 5.02 Å². The van der Waals surface area contributed by atoms with Crippen LogP contribution < -0.4 is 10.6 Å². The summed E-state index contributed by atoms with van der Waals surface area (Å²) >= 11 is 12.1. The minimum atomic E-state index is -3.87. The third-order valence-electron chi connectivity index (χ3n) is 4.94. The van der Waals surface area contributed by atoms with E-state index in [1.165, 1.54) is 12.1 Å². The van der Waals surface area contributed by atoms with Gasteiger partial charge >= 0.3 is 6.03 Å². The highest BCUT2D eigenvalue weighted by Gasteiger charge is 2.42. The van der Waals surface area contributed by atoms with Crippen LogP contribution >= 0.6 is 23.2 Å². The molecule has 7 nitrogen and oxygen atoms in total. The van der Waals surface area contributed by atoms with Crippen molar-refractivity contribution in [3.8, 4) is 5.75 Å². The highest BCUT2D eigenvalue weighted by atomic mass is 35.5. The number of phenols is 1. The van der Waals surface area contributed by atoms with Gasteiger partial charge in [-0.1, -0.05) is 29.3 Å². The maximum absolute atomic E-state index is 12.9. The first kappa shape index (κ1) is 21.2. The van der Waals surface area contributed by atoms with Crippen molar-refractivity contribution in [1.82, 2.24) is 5.32 Å². The van der Waals surface area contributed by atoms with Crippen molar-refractivity contribution < 1.29 is 23.1 Å². The predicted octanol–water partition coefficient (Wildman–Crippen LogP) is 3.79. The fraction of sp³-hybridized carbons (Fsp3) is 0.500. The molecule has 154 valence electrons. The summed E-state index contributed by atoms with van der Waals surface area (Å²) < 4.78 is 31.2. The summed E-state index contributed by atoms with van der Waals surface area (Å²) in [5, 5.41) is 15.5. The second-order valence-electron chi connectivity index (χ2n) is 6.81. The van der Waals surface area contributed by atoms with Crippen LogP contribution in [0.5, 0.6) is 5.75 Å². The number of benzene rings is 1. The van der Waals surface area contributed by atoms with E-state index in [-0.39, 0.29) is 27.8 Å². The van der Waals surface area contributed by atoms with Crippen molar-refractivity contribution in [3.63, 3.8) is 0 Å². The molecule has 1 fully saturated rings. The van der Waals surface area contributed by atoms with Gasteiger partial charge < -0.3 is 20.5 Å². The summed E-state index contributed by atoms with van der Waals surface area (Å²) in [5.41, 5.74) is -0.0424. The molecule has 3 N–H and O–H groups in total. The number of ether oxygens (including phenoxy) is 1. The Hall–Kier alpha value is -1.48. The molecule has 3 rings (SSSR count). The first-order valence-corrected chi connectivity index (χ1v) is 11.3. The van der Waals surface area contributed by atoms with Gasteiger partial charge in [0.05, 0.1) is 28.1 Å². The number of anilines is 1. The number of carbonyl (C=O) groups is 1. The molecule has 1 unspecified atom stereocenters. The molecule has 0 radical (unpaired) electrons. The molecule has 1 aromatic carbocycles. The van der Waals surface area contributed by atoms with Crippen LogP contribution in [0.3, 0.4) is 0 Å². The maximum Gasteiger partial charge on any atom is 0.319 e. The summed E-state index contributed by atoms with van der Waals surface area (Å²) in [4.78, 5) is 11.8. The van der Waals surface area contributed by atoms with Gasteiger partial charge in [0.2, 0.25) is 0 Å². The molecule has 2 aliphatic carbocycles. The SMILES string of the molecule is CCO[C@H]1C[C@H](S(=O)(=O)c2c(Cl)ccc(NC(=O)NC3CCC=C3Cl)c2O)C1. The summed E-state index contributed by atoms with van der Waals surface area (Å²) in [7, 11) is -3.87. The normalized spacial score (nSPS) is 24.4. The van der Waals surface area contributed by atoms with E-state index in [0.717, 1.165) is 6.42 Å². The number of hydrogen-bond acceptors (Lipinski definition) is 5. The molecular weight excluding hydrogens is 427 g/mol. The van der Waals surface area contributed by atoms with Crippen molar-refractivity contribution in [3.05, 3.63) is 28.3 Å². The largest absolute Gasteiger partial charge is 0.504 e. The van der Waals surface area contributed by atoms with Crippen LogP contribution in [0, 0.1) is 0 Å². The van der Waals surface area contributed by atoms with E-state index in [1.807, 2.05) is 13.0 Å². The van der Waals surface area contributed by atoms with Gasteiger partial charge in [0.15, 0.2) is 15.6 Å². The average molecular weight is 449 g/mol. The Kier molecular flexibility index (Phi) is 6.44. The van der Waals surface area contributed by atoms with Gasteiger partial charge in [0, 0.05) is 11.6 Å². The van der Waals surface area contributed by atoms with Crippen molar-refractivity contribution in [2.24, 2.45) is 0 Å². The van der Waals surface area contributed by atoms with Crippen molar-refractivity contribution in [1.29, 1.82) is 0 Å². The average Bonchev–Trinajstić information content (AvgIpc) is 2.97. The molecule has 0 bridgehead atoms. The van der Waals surface area contributed by atoms with E-state index >= 15 is 0 Å². The fourth-order valence-electron chi connectivity index (χ4n) is 3.35. The van der Waals surface area contributed by atoms with Gasteiger partial charge in [-0.25, -0.2) is 13.2 Å². The van der Waals surface area contributed by atoms with Crippen LogP contribution in [-0.4, -0.2) is 43.6 Å². The standard InChI is InChI=1S/C18H22Cl2N2O5S/c1-2-27-10-8-11(9-10)28(25,26)17-13(20)6-7-15(16(17)23)22-18(24)21-14-5-3-4-12(14)19/h4,6-7,10-11,14,23H,2-3,5,8-9H2,1H3,(H2,21,22,24)/t10-,11-,14?. The quantitative estimate of drug-likeness (QED) is 0.574. The lowest BCUT2D eigenvalue weighted by Crippen LogP contribution is -2.41. The van der Waals surface area contributed by atoms with Gasteiger partial charge in [0.25, 0.3) is 0 Å². The lowest BCUT2D eigenvalue weighted by atomic mass is 9.95. The number of phenolic OH excluding ortho intramolecular Hbond substituents is 1. The lowest BCUT2D eigenvalue weighted by Gasteiger charge is -2.34. The number of rotatable bonds is 6. The monoisotopic (exact) mass is 448 g/mol. The Labute approximate surface area is 174 Å². The zero-order valence-electron chi connectivity index (χ0n) is 15.2. The number of urea groups is 1. The summed E-state index contributed by atoms with van der Waals surface area (Å²) in [6.45, 7) is 2.36. The second kappa shape index (κ2) is 8.49. The molecule has 0 aliphatic heterocycles. The number of halogens is 2. The van der Waals surface area contributed by atoms with Gasteiger partial charge in [0.1, 0.15) is 4.90 Å². The number of nitrogens with one attached hydrogen (secondary N) is 2. The van der Waals surface area contributed by atoms with E-state index in [9.17, 15) is 18.3 Å². The highest BCUT2D eigenvalue weighted by Crippen LogP contribution is 2.43. The first-order chi connectivity index (χ1) is 13.2. The Morgan fingerprint density at radius 2 is 2.04 bits per heavy atom.